The molecule has 17 heavy (non-hydrogen) atoms. The van der Waals surface area contributed by atoms with Gasteiger partial charge in [-0.1, -0.05) is 13.8 Å². The minimum absolute atomic E-state index is 0.344. The van der Waals surface area contributed by atoms with E-state index in [0.717, 1.165) is 6.54 Å². The SMILES string of the molecule is CNCC(C)(C)CN1CCc2sccc2C1C. The molecule has 0 radical (unpaired) electrons. The van der Waals surface area contributed by atoms with Gasteiger partial charge in [-0.05, 0) is 42.8 Å². The quantitative estimate of drug-likeness (QED) is 0.886. The minimum atomic E-state index is 0.344. The lowest BCUT2D eigenvalue weighted by atomic mass is 9.90. The number of fused-ring (bicyclic) bond motifs is 1. The third kappa shape index (κ3) is 2.90. The van der Waals surface area contributed by atoms with E-state index in [2.05, 4.69) is 42.4 Å². The van der Waals surface area contributed by atoms with Gasteiger partial charge in [0.2, 0.25) is 0 Å². The van der Waals surface area contributed by atoms with Gasteiger partial charge in [0.25, 0.3) is 0 Å². The number of hydrogen-bond acceptors (Lipinski definition) is 3. The van der Waals surface area contributed by atoms with E-state index in [1.54, 1.807) is 10.4 Å². The Bertz CT molecular complexity index is 370. The Hall–Kier alpha value is -0.380. The first-order valence-corrected chi connectivity index (χ1v) is 7.36. The molecule has 1 N–H and O–H groups in total. The van der Waals surface area contributed by atoms with Crippen LogP contribution in [0.3, 0.4) is 0 Å². The van der Waals surface area contributed by atoms with Crippen molar-refractivity contribution in [1.29, 1.82) is 0 Å². The summed E-state index contributed by atoms with van der Waals surface area (Å²) in [6.45, 7) is 10.5. The fraction of sp³-hybridized carbons (Fsp3) is 0.714. The highest BCUT2D eigenvalue weighted by Gasteiger charge is 2.29. The molecule has 2 nitrogen and oxygen atoms in total. The summed E-state index contributed by atoms with van der Waals surface area (Å²) >= 11 is 1.92. The maximum absolute atomic E-state index is 3.30. The van der Waals surface area contributed by atoms with E-state index in [0.29, 0.717) is 11.5 Å². The maximum Gasteiger partial charge on any atom is 0.0331 e. The Morgan fingerprint density at radius 2 is 2.29 bits per heavy atom. The zero-order valence-corrected chi connectivity index (χ0v) is 12.2. The van der Waals surface area contributed by atoms with E-state index in [1.165, 1.54) is 19.5 Å². The average Bonchev–Trinajstić information content (AvgIpc) is 2.70. The van der Waals surface area contributed by atoms with Crippen LogP contribution in [-0.4, -0.2) is 31.6 Å². The molecule has 1 atom stereocenters. The number of nitrogens with one attached hydrogen (secondary N) is 1. The Morgan fingerprint density at radius 3 is 3.00 bits per heavy atom. The fourth-order valence-electron chi connectivity index (χ4n) is 2.86. The van der Waals surface area contributed by atoms with Crippen molar-refractivity contribution in [3.05, 3.63) is 21.9 Å². The van der Waals surface area contributed by atoms with Crippen molar-refractivity contribution in [2.24, 2.45) is 5.41 Å². The molecule has 96 valence electrons. The molecule has 3 heteroatoms. The van der Waals surface area contributed by atoms with Gasteiger partial charge in [0.05, 0.1) is 0 Å². The molecule has 1 aromatic heterocycles. The van der Waals surface area contributed by atoms with E-state index in [4.69, 9.17) is 0 Å². The van der Waals surface area contributed by atoms with Crippen molar-refractivity contribution in [3.8, 4) is 0 Å². The van der Waals surface area contributed by atoms with Crippen LogP contribution in [0, 0.1) is 5.41 Å². The predicted molar refractivity (Wildman–Crippen MR) is 75.7 cm³/mol. The van der Waals surface area contributed by atoms with Gasteiger partial charge in [-0.15, -0.1) is 11.3 Å². The van der Waals surface area contributed by atoms with Gasteiger partial charge in [-0.2, -0.15) is 0 Å². The fourth-order valence-corrected chi connectivity index (χ4v) is 3.82. The molecule has 1 aliphatic rings. The van der Waals surface area contributed by atoms with Gasteiger partial charge in [0, 0.05) is 30.6 Å². The van der Waals surface area contributed by atoms with Crippen molar-refractivity contribution in [1.82, 2.24) is 10.2 Å². The van der Waals surface area contributed by atoms with E-state index < -0.39 is 0 Å². The van der Waals surface area contributed by atoms with Crippen LogP contribution in [0.4, 0.5) is 0 Å². The van der Waals surface area contributed by atoms with E-state index in [-0.39, 0.29) is 0 Å². The maximum atomic E-state index is 3.30. The summed E-state index contributed by atoms with van der Waals surface area (Å²) in [6.07, 6.45) is 1.23. The standard InChI is InChI=1S/C14H24N2S/c1-11-12-6-8-17-13(12)5-7-16(11)10-14(2,3)9-15-4/h6,8,11,15H,5,7,9-10H2,1-4H3. The molecule has 0 aliphatic carbocycles. The van der Waals surface area contributed by atoms with E-state index in [1.807, 2.05) is 18.4 Å². The molecule has 2 rings (SSSR count). The third-order valence-electron chi connectivity index (χ3n) is 3.69. The highest BCUT2D eigenvalue weighted by atomic mass is 32.1. The molecule has 1 aromatic rings. The Kier molecular flexibility index (Phi) is 3.91. The molecular weight excluding hydrogens is 228 g/mol. The van der Waals surface area contributed by atoms with Gasteiger partial charge < -0.3 is 5.32 Å². The molecule has 0 fully saturated rings. The molecule has 0 saturated heterocycles. The lowest BCUT2D eigenvalue weighted by Crippen LogP contribution is -2.43. The van der Waals surface area contributed by atoms with Crippen molar-refractivity contribution in [2.75, 3.05) is 26.7 Å². The van der Waals surface area contributed by atoms with E-state index >= 15 is 0 Å². The summed E-state index contributed by atoms with van der Waals surface area (Å²) < 4.78 is 0. The van der Waals surface area contributed by atoms with Gasteiger partial charge in [-0.3, -0.25) is 4.90 Å². The van der Waals surface area contributed by atoms with Crippen LogP contribution in [0.1, 0.15) is 37.3 Å². The lowest BCUT2D eigenvalue weighted by Gasteiger charge is -2.39. The summed E-state index contributed by atoms with van der Waals surface area (Å²) in [6, 6.07) is 2.89. The van der Waals surface area contributed by atoms with E-state index in [9.17, 15) is 0 Å². The molecule has 1 aliphatic heterocycles. The molecule has 0 saturated carbocycles. The largest absolute Gasteiger partial charge is 0.319 e. The van der Waals surface area contributed by atoms with Crippen LogP contribution < -0.4 is 5.32 Å². The molecule has 0 aromatic carbocycles. The Morgan fingerprint density at radius 1 is 1.53 bits per heavy atom. The van der Waals surface area contributed by atoms with Crippen LogP contribution in [-0.2, 0) is 6.42 Å². The molecule has 0 amide bonds. The summed E-state index contributed by atoms with van der Waals surface area (Å²) in [5.41, 5.74) is 1.90. The zero-order chi connectivity index (χ0) is 12.5. The second kappa shape index (κ2) is 5.09. The third-order valence-corrected chi connectivity index (χ3v) is 4.69. The monoisotopic (exact) mass is 252 g/mol. The number of rotatable bonds is 4. The minimum Gasteiger partial charge on any atom is -0.319 e. The van der Waals surface area contributed by atoms with Crippen LogP contribution in [0.5, 0.6) is 0 Å². The highest BCUT2D eigenvalue weighted by Crippen LogP contribution is 2.34. The second-order valence-corrected chi connectivity index (χ2v) is 6.89. The number of thiophene rings is 1. The normalized spacial score (nSPS) is 21.5. The average molecular weight is 252 g/mol. The van der Waals surface area contributed by atoms with Crippen LogP contribution in [0.2, 0.25) is 0 Å². The van der Waals surface area contributed by atoms with Gasteiger partial charge >= 0.3 is 0 Å². The summed E-state index contributed by atoms with van der Waals surface area (Å²) in [5, 5.41) is 5.54. The summed E-state index contributed by atoms with van der Waals surface area (Å²) in [7, 11) is 2.04. The second-order valence-electron chi connectivity index (χ2n) is 5.89. The van der Waals surface area contributed by atoms with Crippen molar-refractivity contribution in [3.63, 3.8) is 0 Å². The first kappa shape index (κ1) is 13.1. The van der Waals surface area contributed by atoms with Gasteiger partial charge in [0.15, 0.2) is 0 Å². The Balaban J connectivity index is 2.05. The summed E-state index contributed by atoms with van der Waals surface area (Å²) in [4.78, 5) is 4.23. The van der Waals surface area contributed by atoms with Crippen LogP contribution in [0.15, 0.2) is 11.4 Å². The lowest BCUT2D eigenvalue weighted by molar-refractivity contribution is 0.129. The smallest absolute Gasteiger partial charge is 0.0331 e. The van der Waals surface area contributed by atoms with Crippen molar-refractivity contribution >= 4 is 11.3 Å². The van der Waals surface area contributed by atoms with Gasteiger partial charge in [-0.25, -0.2) is 0 Å². The zero-order valence-electron chi connectivity index (χ0n) is 11.4. The Labute approximate surface area is 109 Å². The number of nitrogens with zero attached hydrogens (tertiary/aromatic N) is 1. The topological polar surface area (TPSA) is 15.3 Å². The van der Waals surface area contributed by atoms with Crippen LogP contribution >= 0.6 is 11.3 Å². The molecule has 1 unspecified atom stereocenters. The molecule has 0 spiro atoms. The van der Waals surface area contributed by atoms with Crippen molar-refractivity contribution < 1.29 is 0 Å². The van der Waals surface area contributed by atoms with Crippen molar-refractivity contribution in [2.45, 2.75) is 33.2 Å². The highest BCUT2D eigenvalue weighted by molar-refractivity contribution is 7.10. The molecular formula is C14H24N2S. The van der Waals surface area contributed by atoms with Crippen LogP contribution in [0.25, 0.3) is 0 Å². The first-order chi connectivity index (χ1) is 8.03. The molecule has 2 heterocycles. The molecule has 0 bridgehead atoms. The predicted octanol–water partition coefficient (Wildman–Crippen LogP) is 2.91. The van der Waals surface area contributed by atoms with Gasteiger partial charge in [0.1, 0.15) is 0 Å². The number of hydrogen-bond donors (Lipinski definition) is 1. The first-order valence-electron chi connectivity index (χ1n) is 6.48. The summed E-state index contributed by atoms with van der Waals surface area (Å²) in [5.74, 6) is 0.